The molecule has 0 bridgehead atoms. The van der Waals surface area contributed by atoms with Gasteiger partial charge in [0.05, 0.1) is 6.61 Å². The van der Waals surface area contributed by atoms with Crippen LogP contribution in [0, 0.1) is 5.82 Å². The molecule has 1 amide bonds. The fraction of sp³-hybridized carbons (Fsp3) is 0.462. The molecule has 18 heavy (non-hydrogen) atoms. The molecule has 1 rings (SSSR count). The van der Waals surface area contributed by atoms with Crippen molar-refractivity contribution in [2.45, 2.75) is 25.8 Å². The third kappa shape index (κ3) is 5.36. The van der Waals surface area contributed by atoms with Gasteiger partial charge in [-0.05, 0) is 38.1 Å². The lowest BCUT2D eigenvalue weighted by atomic mass is 10.0. The van der Waals surface area contributed by atoms with Gasteiger partial charge < -0.3 is 10.1 Å². The summed E-state index contributed by atoms with van der Waals surface area (Å²) in [5.41, 5.74) is -0.383. The number of carbonyl (C=O) groups is 1. The molecule has 5 heteroatoms. The zero-order valence-corrected chi connectivity index (χ0v) is 11.3. The number of ether oxygens (including phenoxy) is 1. The molecule has 0 aliphatic heterocycles. The first kappa shape index (κ1) is 14.8. The van der Waals surface area contributed by atoms with Crippen molar-refractivity contribution >= 4 is 17.5 Å². The Morgan fingerprint density at radius 3 is 2.56 bits per heavy atom. The molecule has 0 aromatic heterocycles. The Hall–Kier alpha value is -1.29. The van der Waals surface area contributed by atoms with Gasteiger partial charge in [-0.25, -0.2) is 4.39 Å². The summed E-state index contributed by atoms with van der Waals surface area (Å²) in [6.07, 6.45) is 0.632. The van der Waals surface area contributed by atoms with E-state index in [2.05, 4.69) is 5.32 Å². The van der Waals surface area contributed by atoms with Crippen LogP contribution in [0.5, 0.6) is 5.75 Å². The molecule has 0 heterocycles. The van der Waals surface area contributed by atoms with Crippen LogP contribution in [0.3, 0.4) is 0 Å². The monoisotopic (exact) mass is 273 g/mol. The van der Waals surface area contributed by atoms with E-state index in [-0.39, 0.29) is 23.1 Å². The molecule has 0 aliphatic carbocycles. The summed E-state index contributed by atoms with van der Waals surface area (Å²) in [5.74, 6) is 0.0544. The van der Waals surface area contributed by atoms with E-state index in [1.807, 2.05) is 13.8 Å². The van der Waals surface area contributed by atoms with Gasteiger partial charge in [-0.3, -0.25) is 4.79 Å². The highest BCUT2D eigenvalue weighted by molar-refractivity contribution is 6.27. The average Bonchev–Trinajstić information content (AvgIpc) is 2.31. The first-order chi connectivity index (χ1) is 8.43. The van der Waals surface area contributed by atoms with Crippen molar-refractivity contribution in [3.05, 3.63) is 30.1 Å². The minimum atomic E-state index is -0.383. The first-order valence-corrected chi connectivity index (χ1v) is 6.22. The zero-order valence-electron chi connectivity index (χ0n) is 10.5. The van der Waals surface area contributed by atoms with E-state index in [0.717, 1.165) is 0 Å². The lowest BCUT2D eigenvalue weighted by molar-refractivity contribution is -0.120. The maximum absolute atomic E-state index is 12.7. The predicted octanol–water partition coefficient (Wildman–Crippen LogP) is 2.73. The Labute approximate surface area is 111 Å². The van der Waals surface area contributed by atoms with E-state index >= 15 is 0 Å². The van der Waals surface area contributed by atoms with Crippen LogP contribution >= 0.6 is 11.6 Å². The highest BCUT2D eigenvalue weighted by Gasteiger charge is 2.19. The van der Waals surface area contributed by atoms with Gasteiger partial charge in [0.1, 0.15) is 17.4 Å². The number of nitrogens with one attached hydrogen (secondary N) is 1. The smallest absolute Gasteiger partial charge is 0.235 e. The van der Waals surface area contributed by atoms with E-state index in [1.54, 1.807) is 12.1 Å². The normalized spacial score (nSPS) is 11.1. The molecular formula is C13H17ClFNO2. The Kier molecular flexibility index (Phi) is 5.41. The number of benzene rings is 1. The summed E-state index contributed by atoms with van der Waals surface area (Å²) in [6.45, 7) is 4.22. The molecule has 3 nitrogen and oxygen atoms in total. The van der Waals surface area contributed by atoms with Crippen LogP contribution in [0.15, 0.2) is 24.3 Å². The lowest BCUT2D eigenvalue weighted by Gasteiger charge is -2.25. The SMILES string of the molecule is CC(C)(CCOc1ccc(F)cc1)NC(=O)CCl. The van der Waals surface area contributed by atoms with E-state index in [1.165, 1.54) is 12.1 Å². The van der Waals surface area contributed by atoms with Gasteiger partial charge in [0.15, 0.2) is 0 Å². The number of rotatable bonds is 6. The van der Waals surface area contributed by atoms with Crippen LogP contribution < -0.4 is 10.1 Å². The summed E-state index contributed by atoms with van der Waals surface area (Å²) in [7, 11) is 0. The topological polar surface area (TPSA) is 38.3 Å². The van der Waals surface area contributed by atoms with Crippen LogP contribution in [-0.2, 0) is 4.79 Å². The molecule has 100 valence electrons. The first-order valence-electron chi connectivity index (χ1n) is 5.68. The lowest BCUT2D eigenvalue weighted by Crippen LogP contribution is -2.45. The highest BCUT2D eigenvalue weighted by Crippen LogP contribution is 2.14. The second-order valence-electron chi connectivity index (χ2n) is 4.62. The van der Waals surface area contributed by atoms with Gasteiger partial charge in [0, 0.05) is 12.0 Å². The molecule has 0 spiro atoms. The van der Waals surface area contributed by atoms with Gasteiger partial charge in [0.25, 0.3) is 0 Å². The maximum Gasteiger partial charge on any atom is 0.235 e. The summed E-state index contributed by atoms with van der Waals surface area (Å²) in [5, 5.41) is 2.79. The molecule has 0 aliphatic rings. The third-order valence-electron chi connectivity index (χ3n) is 2.41. The summed E-state index contributed by atoms with van der Waals surface area (Å²) >= 11 is 5.42. The Morgan fingerprint density at radius 1 is 1.39 bits per heavy atom. The van der Waals surface area contributed by atoms with Crippen molar-refractivity contribution in [1.82, 2.24) is 5.32 Å². The van der Waals surface area contributed by atoms with Crippen LogP contribution in [0.25, 0.3) is 0 Å². The molecule has 0 saturated heterocycles. The molecule has 0 radical (unpaired) electrons. The van der Waals surface area contributed by atoms with Crippen LogP contribution in [0.4, 0.5) is 4.39 Å². The summed E-state index contributed by atoms with van der Waals surface area (Å²) < 4.78 is 18.1. The quantitative estimate of drug-likeness (QED) is 0.810. The second-order valence-corrected chi connectivity index (χ2v) is 4.89. The number of carbonyl (C=O) groups excluding carboxylic acids is 1. The minimum Gasteiger partial charge on any atom is -0.494 e. The van der Waals surface area contributed by atoms with Gasteiger partial charge in [0.2, 0.25) is 5.91 Å². The van der Waals surface area contributed by atoms with E-state index in [4.69, 9.17) is 16.3 Å². The number of amides is 1. The van der Waals surface area contributed by atoms with Gasteiger partial charge in [-0.1, -0.05) is 0 Å². The predicted molar refractivity (Wildman–Crippen MR) is 69.5 cm³/mol. The molecule has 0 unspecified atom stereocenters. The van der Waals surface area contributed by atoms with E-state index in [0.29, 0.717) is 18.8 Å². The van der Waals surface area contributed by atoms with Crippen molar-refractivity contribution in [3.8, 4) is 5.75 Å². The highest BCUT2D eigenvalue weighted by atomic mass is 35.5. The van der Waals surface area contributed by atoms with Gasteiger partial charge in [-0.15, -0.1) is 11.6 Å². The Bertz CT molecular complexity index is 392. The Morgan fingerprint density at radius 2 is 2.00 bits per heavy atom. The summed E-state index contributed by atoms with van der Waals surface area (Å²) in [4.78, 5) is 11.2. The van der Waals surface area contributed by atoms with Crippen molar-refractivity contribution in [2.75, 3.05) is 12.5 Å². The maximum atomic E-state index is 12.7. The molecule has 1 N–H and O–H groups in total. The molecular weight excluding hydrogens is 257 g/mol. The van der Waals surface area contributed by atoms with E-state index in [9.17, 15) is 9.18 Å². The molecule has 1 aromatic rings. The fourth-order valence-corrected chi connectivity index (χ4v) is 1.50. The van der Waals surface area contributed by atoms with Gasteiger partial charge >= 0.3 is 0 Å². The summed E-state index contributed by atoms with van der Waals surface area (Å²) in [6, 6.07) is 5.82. The molecule has 0 fully saturated rings. The molecule has 0 atom stereocenters. The number of alkyl halides is 1. The Balaban J connectivity index is 2.36. The van der Waals surface area contributed by atoms with Crippen molar-refractivity contribution in [3.63, 3.8) is 0 Å². The second kappa shape index (κ2) is 6.59. The van der Waals surface area contributed by atoms with Crippen LogP contribution in [0.1, 0.15) is 20.3 Å². The van der Waals surface area contributed by atoms with Crippen molar-refractivity contribution < 1.29 is 13.9 Å². The average molecular weight is 274 g/mol. The van der Waals surface area contributed by atoms with Crippen LogP contribution in [0.2, 0.25) is 0 Å². The largest absolute Gasteiger partial charge is 0.494 e. The number of hydrogen-bond donors (Lipinski definition) is 1. The zero-order chi connectivity index (χ0) is 13.6. The third-order valence-corrected chi connectivity index (χ3v) is 2.65. The molecule has 1 aromatic carbocycles. The number of halogens is 2. The van der Waals surface area contributed by atoms with Gasteiger partial charge in [-0.2, -0.15) is 0 Å². The molecule has 0 saturated carbocycles. The van der Waals surface area contributed by atoms with Crippen LogP contribution in [-0.4, -0.2) is 23.9 Å². The minimum absolute atomic E-state index is 0.0533. The van der Waals surface area contributed by atoms with Crippen molar-refractivity contribution in [2.24, 2.45) is 0 Å². The standard InChI is InChI=1S/C13H17ClFNO2/c1-13(2,16-12(17)9-14)7-8-18-11-5-3-10(15)4-6-11/h3-6H,7-9H2,1-2H3,(H,16,17). The van der Waals surface area contributed by atoms with Crippen molar-refractivity contribution in [1.29, 1.82) is 0 Å². The van der Waals surface area contributed by atoms with E-state index < -0.39 is 0 Å². The fourth-order valence-electron chi connectivity index (χ4n) is 1.43. The number of hydrogen-bond acceptors (Lipinski definition) is 2.